The number of aromatic nitrogens is 1. The van der Waals surface area contributed by atoms with E-state index in [0.717, 1.165) is 55.6 Å². The maximum Gasteiger partial charge on any atom is 0.318 e. The fourth-order valence-electron chi connectivity index (χ4n) is 4.00. The van der Waals surface area contributed by atoms with E-state index < -0.39 is 17.6 Å². The van der Waals surface area contributed by atoms with Crippen LogP contribution >= 0.6 is 0 Å². The van der Waals surface area contributed by atoms with Gasteiger partial charge >= 0.3 is 6.03 Å². The molecule has 1 saturated heterocycles. The van der Waals surface area contributed by atoms with Crippen LogP contribution in [0.25, 0.3) is 11.0 Å². The number of carboxylic acids is 1. The maximum absolute atomic E-state index is 14.3. The molecular formula is C25H30F2N4O4. The van der Waals surface area contributed by atoms with Gasteiger partial charge in [-0.1, -0.05) is 17.3 Å². The molecule has 1 aliphatic rings. The van der Waals surface area contributed by atoms with E-state index in [2.05, 4.69) is 15.4 Å². The topological polar surface area (TPSA) is 98.9 Å². The third-order valence-corrected chi connectivity index (χ3v) is 5.90. The number of hydrogen-bond donors (Lipinski definition) is 2. The van der Waals surface area contributed by atoms with Crippen molar-refractivity contribution < 1.29 is 28.0 Å². The minimum atomic E-state index is -0.833. The predicted molar refractivity (Wildman–Crippen MR) is 127 cm³/mol. The highest BCUT2D eigenvalue weighted by Crippen LogP contribution is 2.22. The number of nitrogens with zero attached hydrogens (tertiary/aromatic N) is 3. The molecule has 0 unspecified atom stereocenters. The monoisotopic (exact) mass is 488 g/mol. The molecule has 2 N–H and O–H groups in total. The molecule has 8 nitrogen and oxygen atoms in total. The van der Waals surface area contributed by atoms with Gasteiger partial charge in [-0.05, 0) is 63.7 Å². The van der Waals surface area contributed by atoms with Gasteiger partial charge in [0.1, 0.15) is 11.6 Å². The molecular weight excluding hydrogens is 458 g/mol. The molecule has 1 fully saturated rings. The second-order valence-electron chi connectivity index (χ2n) is 8.67. The fraction of sp³-hybridized carbons (Fsp3) is 0.400. The van der Waals surface area contributed by atoms with Gasteiger partial charge in [-0.25, -0.2) is 13.6 Å². The van der Waals surface area contributed by atoms with E-state index in [0.29, 0.717) is 17.7 Å². The Balaban J connectivity index is 0.000000795. The molecule has 1 aromatic heterocycles. The van der Waals surface area contributed by atoms with Gasteiger partial charge < -0.3 is 24.7 Å². The van der Waals surface area contributed by atoms with Crippen molar-refractivity contribution in [1.29, 1.82) is 0 Å². The molecule has 3 aromatic rings. The van der Waals surface area contributed by atoms with Crippen molar-refractivity contribution in [3.63, 3.8) is 0 Å². The van der Waals surface area contributed by atoms with E-state index in [1.165, 1.54) is 12.1 Å². The molecule has 188 valence electrons. The van der Waals surface area contributed by atoms with Crippen molar-refractivity contribution in [2.45, 2.75) is 45.8 Å². The van der Waals surface area contributed by atoms with Crippen molar-refractivity contribution in [2.75, 3.05) is 20.1 Å². The smallest absolute Gasteiger partial charge is 0.318 e. The number of carbonyl (C=O) groups is 2. The zero-order chi connectivity index (χ0) is 25.5. The molecule has 0 saturated carbocycles. The van der Waals surface area contributed by atoms with Gasteiger partial charge in [0.2, 0.25) is 0 Å². The lowest BCUT2D eigenvalue weighted by Crippen LogP contribution is -2.49. The molecule has 0 spiro atoms. The van der Waals surface area contributed by atoms with Gasteiger partial charge in [-0.15, -0.1) is 0 Å². The van der Waals surface area contributed by atoms with Gasteiger partial charge in [-0.3, -0.25) is 4.79 Å². The zero-order valence-electron chi connectivity index (χ0n) is 20.1. The summed E-state index contributed by atoms with van der Waals surface area (Å²) in [6.45, 7) is 5.10. The average Bonchev–Trinajstić information content (AvgIpc) is 3.17. The number of amides is 2. The van der Waals surface area contributed by atoms with Crippen LogP contribution in [0.5, 0.6) is 0 Å². The summed E-state index contributed by atoms with van der Waals surface area (Å²) < 4.78 is 32.8. The molecule has 35 heavy (non-hydrogen) atoms. The molecule has 1 aliphatic heterocycles. The highest BCUT2D eigenvalue weighted by atomic mass is 19.1. The van der Waals surface area contributed by atoms with Crippen LogP contribution in [0.3, 0.4) is 0 Å². The van der Waals surface area contributed by atoms with E-state index in [9.17, 15) is 13.6 Å². The molecule has 0 aliphatic carbocycles. The predicted octanol–water partition coefficient (Wildman–Crippen LogP) is 4.31. The van der Waals surface area contributed by atoms with E-state index >= 15 is 0 Å². The highest BCUT2D eigenvalue weighted by molar-refractivity contribution is 5.80. The summed E-state index contributed by atoms with van der Waals surface area (Å²) in [4.78, 5) is 26.0. The normalized spacial score (nSPS) is 14.3. The van der Waals surface area contributed by atoms with Crippen molar-refractivity contribution >= 4 is 23.0 Å². The summed E-state index contributed by atoms with van der Waals surface area (Å²) in [5.41, 5.74) is 2.72. The number of carboxylic acid groups (broad SMARTS) is 1. The van der Waals surface area contributed by atoms with Crippen molar-refractivity contribution in [2.24, 2.45) is 0 Å². The lowest BCUT2D eigenvalue weighted by atomic mass is 10.0. The minimum absolute atomic E-state index is 0.0107. The van der Waals surface area contributed by atoms with Crippen LogP contribution in [0.4, 0.5) is 13.6 Å². The lowest BCUT2D eigenvalue weighted by Gasteiger charge is -2.37. The summed E-state index contributed by atoms with van der Waals surface area (Å²) >= 11 is 0. The van der Waals surface area contributed by atoms with Crippen LogP contribution < -0.4 is 5.32 Å². The molecule has 10 heteroatoms. The standard InChI is InChI=1S/C23H26F2N4O2.C2H4O2/c1-15-20-11-16(3-6-22(20)31-27-15)13-26-23(30)29(19-7-9-28(2)10-8-19)14-17-4-5-18(24)12-21(17)25;1-2(3)4/h3-6,11-12,19H,7-10,13-14H2,1-2H3,(H,26,30);1H3,(H,3,4). The average molecular weight is 489 g/mol. The number of halogens is 2. The first-order valence-corrected chi connectivity index (χ1v) is 11.4. The van der Waals surface area contributed by atoms with Crippen LogP contribution in [-0.2, 0) is 17.9 Å². The molecule has 0 bridgehead atoms. The number of urea groups is 1. The first-order valence-electron chi connectivity index (χ1n) is 11.4. The molecule has 2 heterocycles. The van der Waals surface area contributed by atoms with Crippen LogP contribution in [0, 0.1) is 18.6 Å². The van der Waals surface area contributed by atoms with Crippen LogP contribution in [-0.4, -0.2) is 58.2 Å². The largest absolute Gasteiger partial charge is 0.481 e. The summed E-state index contributed by atoms with van der Waals surface area (Å²) in [5, 5.41) is 15.2. The third kappa shape index (κ3) is 7.22. The Morgan fingerprint density at radius 3 is 2.54 bits per heavy atom. The second kappa shape index (κ2) is 11.7. The molecule has 0 radical (unpaired) electrons. The number of piperidine rings is 1. The van der Waals surface area contributed by atoms with Crippen molar-refractivity contribution in [1.82, 2.24) is 20.3 Å². The number of benzene rings is 2. The lowest BCUT2D eigenvalue weighted by molar-refractivity contribution is -0.134. The molecule has 2 aromatic carbocycles. The number of hydrogen-bond acceptors (Lipinski definition) is 5. The first kappa shape index (κ1) is 26.1. The molecule has 2 amide bonds. The van der Waals surface area contributed by atoms with Gasteiger partial charge in [0, 0.05) is 36.5 Å². The van der Waals surface area contributed by atoms with E-state index in [-0.39, 0.29) is 18.6 Å². The Kier molecular flexibility index (Phi) is 8.75. The van der Waals surface area contributed by atoms with Crippen LogP contribution in [0.1, 0.15) is 36.6 Å². The quantitative estimate of drug-likeness (QED) is 0.555. The number of nitrogens with one attached hydrogen (secondary N) is 1. The summed E-state index contributed by atoms with van der Waals surface area (Å²) in [7, 11) is 2.04. The summed E-state index contributed by atoms with van der Waals surface area (Å²) in [6, 6.07) is 8.87. The van der Waals surface area contributed by atoms with Gasteiger partial charge in [-0.2, -0.15) is 0 Å². The van der Waals surface area contributed by atoms with Crippen LogP contribution in [0.2, 0.25) is 0 Å². The van der Waals surface area contributed by atoms with E-state index in [4.69, 9.17) is 14.4 Å². The van der Waals surface area contributed by atoms with Gasteiger partial charge in [0.25, 0.3) is 5.97 Å². The van der Waals surface area contributed by atoms with Crippen LogP contribution in [0.15, 0.2) is 40.9 Å². The Hall–Kier alpha value is -3.53. The Labute approximate surface area is 202 Å². The molecule has 4 rings (SSSR count). The number of rotatable bonds is 5. The van der Waals surface area contributed by atoms with E-state index in [1.54, 1.807) is 4.90 Å². The fourth-order valence-corrected chi connectivity index (χ4v) is 4.00. The van der Waals surface area contributed by atoms with Crippen molar-refractivity contribution in [3.05, 3.63) is 64.9 Å². The number of aliphatic carboxylic acids is 1. The molecule has 0 atom stereocenters. The zero-order valence-corrected chi connectivity index (χ0v) is 20.1. The van der Waals surface area contributed by atoms with Gasteiger partial charge in [0.15, 0.2) is 5.58 Å². The third-order valence-electron chi connectivity index (χ3n) is 5.90. The maximum atomic E-state index is 14.3. The number of likely N-dealkylation sites (tertiary alicyclic amines) is 1. The summed E-state index contributed by atoms with van der Waals surface area (Å²) in [5.74, 6) is -2.10. The SMILES string of the molecule is CC(=O)O.Cc1noc2ccc(CNC(=O)N(Cc3ccc(F)cc3F)C3CCN(C)CC3)cc12. The Bertz CT molecular complexity index is 1170. The second-order valence-corrected chi connectivity index (χ2v) is 8.67. The van der Waals surface area contributed by atoms with Crippen molar-refractivity contribution in [3.8, 4) is 0 Å². The van der Waals surface area contributed by atoms with Gasteiger partial charge in [0.05, 0.1) is 12.2 Å². The highest BCUT2D eigenvalue weighted by Gasteiger charge is 2.28. The van der Waals surface area contributed by atoms with E-state index in [1.807, 2.05) is 32.2 Å². The first-order chi connectivity index (χ1) is 16.6. The summed E-state index contributed by atoms with van der Waals surface area (Å²) in [6.07, 6.45) is 1.61. The number of fused-ring (bicyclic) bond motifs is 1. The minimum Gasteiger partial charge on any atom is -0.481 e. The Morgan fingerprint density at radius 2 is 1.89 bits per heavy atom. The number of carbonyl (C=O) groups excluding carboxylic acids is 1. The Morgan fingerprint density at radius 1 is 1.20 bits per heavy atom. The number of aryl methyl sites for hydroxylation is 1.